The maximum atomic E-state index is 13.7. The van der Waals surface area contributed by atoms with Gasteiger partial charge in [-0.3, -0.25) is 9.00 Å². The van der Waals surface area contributed by atoms with Crippen LogP contribution < -0.4 is 0 Å². The topological polar surface area (TPSA) is 37.4 Å². The number of hydrogen-bond acceptors (Lipinski definition) is 3. The molecule has 0 saturated carbocycles. The smallest absolute Gasteiger partial charge is 0.235 e. The molecule has 1 aliphatic heterocycles. The van der Waals surface area contributed by atoms with Crippen LogP contribution >= 0.6 is 22.9 Å². The highest BCUT2D eigenvalue weighted by molar-refractivity contribution is 7.84. The number of halogens is 2. The molecule has 1 aromatic heterocycles. The van der Waals surface area contributed by atoms with Crippen molar-refractivity contribution in [3.8, 4) is 0 Å². The Hall–Kier alpha value is -1.24. The Labute approximate surface area is 145 Å². The van der Waals surface area contributed by atoms with E-state index in [2.05, 4.69) is 0 Å². The van der Waals surface area contributed by atoms with Crippen LogP contribution in [0, 0.1) is 5.82 Å². The summed E-state index contributed by atoms with van der Waals surface area (Å²) in [7, 11) is -1.48. The first kappa shape index (κ1) is 16.6. The summed E-state index contributed by atoms with van der Waals surface area (Å²) in [6.07, 6.45) is 0.838. The zero-order chi connectivity index (χ0) is 16.4. The fourth-order valence-corrected chi connectivity index (χ4v) is 4.95. The van der Waals surface area contributed by atoms with E-state index < -0.39 is 16.6 Å². The van der Waals surface area contributed by atoms with E-state index in [1.807, 2.05) is 11.4 Å². The normalized spacial score (nSPS) is 15.3. The fraction of sp³-hybridized carbons (Fsp3) is 0.312. The highest BCUT2D eigenvalue weighted by Crippen LogP contribution is 2.24. The number of fused-ring (bicyclic) bond motifs is 1. The Balaban J connectivity index is 1.61. The molecule has 23 heavy (non-hydrogen) atoms. The van der Waals surface area contributed by atoms with Gasteiger partial charge in [0, 0.05) is 39.4 Å². The Morgan fingerprint density at radius 2 is 2.22 bits per heavy atom. The van der Waals surface area contributed by atoms with Gasteiger partial charge in [0.05, 0.1) is 5.75 Å². The van der Waals surface area contributed by atoms with Crippen molar-refractivity contribution in [2.75, 3.05) is 12.3 Å². The number of nitrogens with zero attached hydrogens (tertiary/aromatic N) is 1. The second kappa shape index (κ2) is 7.11. The van der Waals surface area contributed by atoms with E-state index in [0.29, 0.717) is 13.1 Å². The maximum Gasteiger partial charge on any atom is 0.235 e. The molecule has 3 rings (SSSR count). The van der Waals surface area contributed by atoms with Gasteiger partial charge in [-0.05, 0) is 35.6 Å². The van der Waals surface area contributed by atoms with E-state index in [4.69, 9.17) is 11.6 Å². The Bertz CT molecular complexity index is 742. The van der Waals surface area contributed by atoms with Crippen LogP contribution in [0.25, 0.3) is 0 Å². The van der Waals surface area contributed by atoms with Crippen LogP contribution in [-0.4, -0.2) is 27.3 Å². The number of hydrogen-bond donors (Lipinski definition) is 0. The largest absolute Gasteiger partial charge is 0.337 e. The van der Waals surface area contributed by atoms with Crippen LogP contribution in [-0.2, 0) is 34.3 Å². The molecule has 1 unspecified atom stereocenters. The SMILES string of the molecule is O=C(CS(=O)Cc1c(F)cccc1Cl)N1CCc2sccc2C1. The molecule has 0 spiro atoms. The van der Waals surface area contributed by atoms with Crippen LogP contribution in [0.5, 0.6) is 0 Å². The third-order valence-electron chi connectivity index (χ3n) is 3.81. The van der Waals surface area contributed by atoms with Crippen LogP contribution in [0.15, 0.2) is 29.6 Å². The summed E-state index contributed by atoms with van der Waals surface area (Å²) in [5.41, 5.74) is 1.37. The summed E-state index contributed by atoms with van der Waals surface area (Å²) in [6, 6.07) is 6.36. The minimum atomic E-state index is -1.48. The van der Waals surface area contributed by atoms with Gasteiger partial charge in [0.25, 0.3) is 0 Å². The molecule has 0 saturated heterocycles. The fourth-order valence-electron chi connectivity index (χ4n) is 2.57. The molecule has 122 valence electrons. The lowest BCUT2D eigenvalue weighted by atomic mass is 10.1. The summed E-state index contributed by atoms with van der Waals surface area (Å²) in [5.74, 6) is -0.800. The number of carbonyl (C=O) groups is 1. The molecule has 0 fully saturated rings. The molecule has 1 aromatic carbocycles. The van der Waals surface area contributed by atoms with Crippen molar-refractivity contribution in [3.63, 3.8) is 0 Å². The molecule has 3 nitrogen and oxygen atoms in total. The van der Waals surface area contributed by atoms with Crippen LogP contribution in [0.1, 0.15) is 16.0 Å². The predicted molar refractivity (Wildman–Crippen MR) is 91.6 cm³/mol. The second-order valence-electron chi connectivity index (χ2n) is 5.36. The first-order valence-corrected chi connectivity index (χ1v) is 9.90. The van der Waals surface area contributed by atoms with E-state index >= 15 is 0 Å². The standard InChI is InChI=1S/C16H15ClFNO2S2/c17-13-2-1-3-14(18)12(13)9-23(21)10-16(20)19-6-4-15-11(8-19)5-7-22-15/h1-3,5,7H,4,6,8-10H2. The second-order valence-corrected chi connectivity index (χ2v) is 8.23. The zero-order valence-corrected chi connectivity index (χ0v) is 14.6. The molecule has 0 bridgehead atoms. The third kappa shape index (κ3) is 3.82. The van der Waals surface area contributed by atoms with Crippen molar-refractivity contribution in [2.45, 2.75) is 18.7 Å². The van der Waals surface area contributed by atoms with Crippen molar-refractivity contribution in [1.29, 1.82) is 0 Å². The summed E-state index contributed by atoms with van der Waals surface area (Å²) < 4.78 is 25.9. The molecule has 1 atom stereocenters. The van der Waals surface area contributed by atoms with E-state index in [-0.39, 0.29) is 28.0 Å². The molecule has 2 aromatic rings. The average Bonchev–Trinajstić information content (AvgIpc) is 2.98. The van der Waals surface area contributed by atoms with Crippen LogP contribution in [0.4, 0.5) is 4.39 Å². The molecule has 0 N–H and O–H groups in total. The van der Waals surface area contributed by atoms with Gasteiger partial charge in [-0.2, -0.15) is 0 Å². The van der Waals surface area contributed by atoms with Gasteiger partial charge in [-0.1, -0.05) is 17.7 Å². The van der Waals surface area contributed by atoms with Crippen LogP contribution in [0.2, 0.25) is 5.02 Å². The summed E-state index contributed by atoms with van der Waals surface area (Å²) in [5, 5.41) is 2.27. The van der Waals surface area contributed by atoms with Crippen molar-refractivity contribution in [2.24, 2.45) is 0 Å². The Morgan fingerprint density at radius 1 is 1.39 bits per heavy atom. The lowest BCUT2D eigenvalue weighted by molar-refractivity contribution is -0.129. The molecule has 1 aliphatic rings. The van der Waals surface area contributed by atoms with Crippen molar-refractivity contribution >= 4 is 39.6 Å². The van der Waals surface area contributed by atoms with Gasteiger partial charge in [-0.15, -0.1) is 11.3 Å². The third-order valence-corrected chi connectivity index (χ3v) is 6.37. The molecular weight excluding hydrogens is 357 g/mol. The van der Waals surface area contributed by atoms with Gasteiger partial charge in [0.15, 0.2) is 0 Å². The van der Waals surface area contributed by atoms with Crippen molar-refractivity contribution in [1.82, 2.24) is 4.90 Å². The molecule has 0 radical (unpaired) electrons. The van der Waals surface area contributed by atoms with Gasteiger partial charge in [-0.25, -0.2) is 4.39 Å². The van der Waals surface area contributed by atoms with Gasteiger partial charge >= 0.3 is 0 Å². The van der Waals surface area contributed by atoms with Crippen molar-refractivity contribution in [3.05, 3.63) is 56.5 Å². The maximum absolute atomic E-state index is 13.7. The zero-order valence-electron chi connectivity index (χ0n) is 12.3. The van der Waals surface area contributed by atoms with Gasteiger partial charge in [0.2, 0.25) is 5.91 Å². The van der Waals surface area contributed by atoms with Crippen LogP contribution in [0.3, 0.4) is 0 Å². The highest BCUT2D eigenvalue weighted by atomic mass is 35.5. The quantitative estimate of drug-likeness (QED) is 0.826. The van der Waals surface area contributed by atoms with E-state index in [1.54, 1.807) is 22.3 Å². The molecule has 7 heteroatoms. The lowest BCUT2D eigenvalue weighted by Gasteiger charge is -2.26. The molecule has 1 amide bonds. The number of thiophene rings is 1. The monoisotopic (exact) mass is 371 g/mol. The summed E-state index contributed by atoms with van der Waals surface area (Å²) in [4.78, 5) is 15.3. The lowest BCUT2D eigenvalue weighted by Crippen LogP contribution is -2.38. The number of carbonyl (C=O) groups excluding carboxylic acids is 1. The Morgan fingerprint density at radius 3 is 3.00 bits per heavy atom. The average molecular weight is 372 g/mol. The van der Waals surface area contributed by atoms with Crippen molar-refractivity contribution < 1.29 is 13.4 Å². The minimum Gasteiger partial charge on any atom is -0.337 e. The minimum absolute atomic E-state index is 0.0468. The van der Waals surface area contributed by atoms with E-state index in [0.717, 1.165) is 12.0 Å². The van der Waals surface area contributed by atoms with Gasteiger partial charge in [0.1, 0.15) is 11.6 Å². The van der Waals surface area contributed by atoms with E-state index in [1.165, 1.54) is 17.0 Å². The number of rotatable bonds is 4. The first-order chi connectivity index (χ1) is 11.0. The summed E-state index contributed by atoms with van der Waals surface area (Å²) >= 11 is 7.64. The van der Waals surface area contributed by atoms with Gasteiger partial charge < -0.3 is 4.90 Å². The molecule has 0 aliphatic carbocycles. The molecular formula is C16H15ClFNO2S2. The highest BCUT2D eigenvalue weighted by Gasteiger charge is 2.23. The molecule has 2 heterocycles. The first-order valence-electron chi connectivity index (χ1n) is 7.15. The van der Waals surface area contributed by atoms with E-state index in [9.17, 15) is 13.4 Å². The predicted octanol–water partition coefficient (Wildman–Crippen LogP) is 3.37. The number of benzene rings is 1. The number of amides is 1. The Kier molecular flexibility index (Phi) is 5.14. The summed E-state index contributed by atoms with van der Waals surface area (Å²) in [6.45, 7) is 1.21.